The van der Waals surface area contributed by atoms with Crippen LogP contribution in [0.15, 0.2) is 36.4 Å². The van der Waals surface area contributed by atoms with Crippen LogP contribution in [0.25, 0.3) is 33.5 Å². The maximum absolute atomic E-state index is 13.6. The molecule has 0 spiro atoms. The second-order valence-electron chi connectivity index (χ2n) is 11.4. The van der Waals surface area contributed by atoms with Crippen LogP contribution in [0, 0.1) is 17.8 Å². The lowest BCUT2D eigenvalue weighted by atomic mass is 10.0. The van der Waals surface area contributed by atoms with E-state index < -0.39 is 5.97 Å². The summed E-state index contributed by atoms with van der Waals surface area (Å²) in [5, 5.41) is 10.6. The Morgan fingerprint density at radius 3 is 2.55 bits per heavy atom. The number of benzene rings is 2. The lowest BCUT2D eigenvalue weighted by molar-refractivity contribution is 0.0687. The molecular formula is C30H32N4O4. The van der Waals surface area contributed by atoms with E-state index >= 15 is 0 Å². The molecule has 1 aliphatic heterocycles. The number of amides is 1. The molecule has 8 nitrogen and oxygen atoms in total. The molecule has 2 aliphatic carbocycles. The Morgan fingerprint density at radius 2 is 1.89 bits per heavy atom. The number of carbonyl (C=O) groups is 2. The first kappa shape index (κ1) is 23.3. The number of aromatic carboxylic acids is 1. The average molecular weight is 513 g/mol. The third kappa shape index (κ3) is 3.46. The molecular weight excluding hydrogens is 480 g/mol. The van der Waals surface area contributed by atoms with Gasteiger partial charge in [0.05, 0.1) is 23.9 Å². The van der Waals surface area contributed by atoms with Crippen LogP contribution in [-0.2, 0) is 13.6 Å². The minimum Gasteiger partial charge on any atom is -0.494 e. The molecule has 38 heavy (non-hydrogen) atoms. The van der Waals surface area contributed by atoms with Gasteiger partial charge in [0.1, 0.15) is 11.3 Å². The molecule has 1 amide bonds. The zero-order valence-electron chi connectivity index (χ0n) is 22.0. The van der Waals surface area contributed by atoms with Crippen LogP contribution < -0.4 is 4.74 Å². The summed E-state index contributed by atoms with van der Waals surface area (Å²) in [6.07, 6.45) is 4.65. The molecule has 3 atom stereocenters. The maximum Gasteiger partial charge on any atom is 0.335 e. The Balaban J connectivity index is 1.35. The third-order valence-corrected chi connectivity index (χ3v) is 9.20. The normalized spacial score (nSPS) is 22.6. The van der Waals surface area contributed by atoms with E-state index in [0.717, 1.165) is 53.0 Å². The molecule has 1 N–H and O–H groups in total. The van der Waals surface area contributed by atoms with E-state index in [4.69, 9.17) is 9.72 Å². The Labute approximate surface area is 220 Å². The van der Waals surface area contributed by atoms with Crippen LogP contribution in [0.2, 0.25) is 0 Å². The van der Waals surface area contributed by atoms with Crippen molar-refractivity contribution in [3.05, 3.63) is 47.5 Å². The molecule has 8 heteroatoms. The van der Waals surface area contributed by atoms with Gasteiger partial charge in [0.15, 0.2) is 5.82 Å². The molecule has 0 radical (unpaired) electrons. The highest BCUT2D eigenvalue weighted by atomic mass is 16.5. The van der Waals surface area contributed by atoms with Gasteiger partial charge in [-0.3, -0.25) is 4.79 Å². The van der Waals surface area contributed by atoms with Crippen LogP contribution in [0.3, 0.4) is 0 Å². The molecule has 2 aromatic carbocycles. The molecule has 1 saturated heterocycles. The summed E-state index contributed by atoms with van der Waals surface area (Å²) < 4.78 is 10.0. The summed E-state index contributed by atoms with van der Waals surface area (Å²) >= 11 is 0. The van der Waals surface area contributed by atoms with Crippen molar-refractivity contribution < 1.29 is 19.4 Å². The molecule has 2 bridgehead atoms. The Morgan fingerprint density at radius 1 is 1.08 bits per heavy atom. The van der Waals surface area contributed by atoms with Crippen molar-refractivity contribution in [2.75, 3.05) is 13.7 Å². The Kier molecular flexibility index (Phi) is 5.12. The topological polar surface area (TPSA) is 89.6 Å². The van der Waals surface area contributed by atoms with Crippen molar-refractivity contribution in [2.24, 2.45) is 24.8 Å². The first-order valence-electron chi connectivity index (χ1n) is 13.6. The van der Waals surface area contributed by atoms with Gasteiger partial charge in [-0.2, -0.15) is 0 Å². The first-order chi connectivity index (χ1) is 18.3. The smallest absolute Gasteiger partial charge is 0.335 e. The number of likely N-dealkylation sites (tertiary alicyclic amines) is 1. The first-order valence-corrected chi connectivity index (χ1v) is 13.6. The number of rotatable bonds is 6. The number of fused-ring (bicyclic) bond motifs is 4. The number of carboxylic acid groups (broad SMARTS) is 1. The fourth-order valence-electron chi connectivity index (χ4n) is 6.86. The van der Waals surface area contributed by atoms with Crippen LogP contribution in [0.4, 0.5) is 0 Å². The highest BCUT2D eigenvalue weighted by Gasteiger charge is 2.46. The maximum atomic E-state index is 13.6. The van der Waals surface area contributed by atoms with Crippen molar-refractivity contribution in [1.29, 1.82) is 0 Å². The van der Waals surface area contributed by atoms with Crippen LogP contribution in [0.5, 0.6) is 5.75 Å². The molecule has 7 rings (SSSR count). The SMILES string of the molecule is COc1cc(C(=O)N2CC3CCC2[C@@H]3C)cc2nc(-c3cc4ccc(C(=O)O)cc4n3CC3CC3)n(C)c12. The molecule has 3 fully saturated rings. The number of carbonyl (C=O) groups excluding carboxylic acids is 1. The number of hydrogen-bond donors (Lipinski definition) is 1. The fraction of sp³-hybridized carbons (Fsp3) is 0.433. The molecule has 196 valence electrons. The number of aryl methyl sites for hydroxylation is 1. The van der Waals surface area contributed by atoms with E-state index in [1.807, 2.05) is 29.8 Å². The van der Waals surface area contributed by atoms with Gasteiger partial charge in [-0.25, -0.2) is 9.78 Å². The number of ether oxygens (including phenoxy) is 1. The quantitative estimate of drug-likeness (QED) is 0.384. The summed E-state index contributed by atoms with van der Waals surface area (Å²) in [7, 11) is 3.60. The van der Waals surface area contributed by atoms with Crippen LogP contribution in [0.1, 0.15) is 53.3 Å². The number of imidazole rings is 1. The summed E-state index contributed by atoms with van der Waals surface area (Å²) in [5.41, 5.74) is 4.29. The van der Waals surface area contributed by atoms with Gasteiger partial charge in [-0.15, -0.1) is 0 Å². The summed E-state index contributed by atoms with van der Waals surface area (Å²) in [5.74, 6) is 2.27. The lowest BCUT2D eigenvalue weighted by Gasteiger charge is -2.27. The van der Waals surface area contributed by atoms with Gasteiger partial charge in [-0.1, -0.05) is 13.0 Å². The van der Waals surface area contributed by atoms with E-state index in [1.165, 1.54) is 19.3 Å². The van der Waals surface area contributed by atoms with Crippen molar-refractivity contribution >= 4 is 33.8 Å². The van der Waals surface area contributed by atoms with E-state index in [9.17, 15) is 14.7 Å². The number of aromatic nitrogens is 3. The molecule has 2 aromatic heterocycles. The highest BCUT2D eigenvalue weighted by molar-refractivity contribution is 6.01. The van der Waals surface area contributed by atoms with Crippen molar-refractivity contribution in [1.82, 2.24) is 19.0 Å². The van der Waals surface area contributed by atoms with E-state index in [-0.39, 0.29) is 11.5 Å². The van der Waals surface area contributed by atoms with Gasteiger partial charge in [0.25, 0.3) is 5.91 Å². The van der Waals surface area contributed by atoms with Crippen LogP contribution in [-0.4, -0.2) is 55.7 Å². The molecule has 2 unspecified atom stereocenters. The zero-order chi connectivity index (χ0) is 26.3. The van der Waals surface area contributed by atoms with Gasteiger partial charge in [0.2, 0.25) is 0 Å². The number of hydrogen-bond acceptors (Lipinski definition) is 4. The number of piperidine rings is 1. The molecule has 3 heterocycles. The summed E-state index contributed by atoms with van der Waals surface area (Å²) in [6, 6.07) is 11.4. The minimum atomic E-state index is -0.932. The van der Waals surface area contributed by atoms with Gasteiger partial charge < -0.3 is 23.9 Å². The monoisotopic (exact) mass is 512 g/mol. The van der Waals surface area contributed by atoms with Crippen molar-refractivity contribution in [2.45, 2.75) is 45.2 Å². The van der Waals surface area contributed by atoms with Gasteiger partial charge in [0, 0.05) is 42.6 Å². The van der Waals surface area contributed by atoms with Crippen molar-refractivity contribution in [3.8, 4) is 17.3 Å². The molecule has 4 aromatic rings. The fourth-order valence-corrected chi connectivity index (χ4v) is 6.86. The van der Waals surface area contributed by atoms with Crippen molar-refractivity contribution in [3.63, 3.8) is 0 Å². The van der Waals surface area contributed by atoms with Crippen LogP contribution >= 0.6 is 0 Å². The van der Waals surface area contributed by atoms with Gasteiger partial charge >= 0.3 is 5.97 Å². The third-order valence-electron chi connectivity index (χ3n) is 9.20. The van der Waals surface area contributed by atoms with E-state index in [0.29, 0.717) is 35.1 Å². The highest BCUT2D eigenvalue weighted by Crippen LogP contribution is 2.43. The average Bonchev–Trinajstić information content (AvgIpc) is 3.32. The summed E-state index contributed by atoms with van der Waals surface area (Å²) in [4.78, 5) is 32.4. The molecule has 2 saturated carbocycles. The summed E-state index contributed by atoms with van der Waals surface area (Å²) in [6.45, 7) is 3.92. The second-order valence-corrected chi connectivity index (χ2v) is 11.4. The zero-order valence-corrected chi connectivity index (χ0v) is 22.0. The number of carboxylic acids is 1. The van der Waals surface area contributed by atoms with E-state index in [1.54, 1.807) is 19.2 Å². The molecule has 3 aliphatic rings. The predicted octanol–water partition coefficient (Wildman–Crippen LogP) is 5.18. The Bertz CT molecular complexity index is 1630. The number of nitrogens with zero attached hydrogens (tertiary/aromatic N) is 4. The Hall–Kier alpha value is -3.81. The minimum absolute atomic E-state index is 0.0560. The lowest BCUT2D eigenvalue weighted by Crippen LogP contribution is -2.38. The predicted molar refractivity (Wildman–Crippen MR) is 145 cm³/mol. The van der Waals surface area contributed by atoms with E-state index in [2.05, 4.69) is 22.5 Å². The standard InChI is InChI=1S/C30H32N4O4/c1-16-20-8-9-23(16)34(15-20)29(35)21-10-22-27(26(13-21)38-3)32(2)28(31-22)25-11-18-6-7-19(30(36)37)12-24(18)33(25)14-17-4-5-17/h6-7,10-13,16-17,20,23H,4-5,8-9,14-15H2,1-3H3,(H,36,37)/t16-,20?,23?/m1/s1. The second kappa shape index (κ2) is 8.35. The largest absolute Gasteiger partial charge is 0.494 e. The van der Waals surface area contributed by atoms with Gasteiger partial charge in [-0.05, 0) is 73.8 Å². The number of methoxy groups -OCH3 is 1.